The molecule has 1 aliphatic carbocycles. The zero-order chi connectivity index (χ0) is 15.5. The molecule has 1 aliphatic rings. The highest BCUT2D eigenvalue weighted by atomic mass is 16.3. The number of aromatic hydroxyl groups is 1. The summed E-state index contributed by atoms with van der Waals surface area (Å²) in [5.41, 5.74) is 3.26. The van der Waals surface area contributed by atoms with Crippen LogP contribution in [0.15, 0.2) is 72.3 Å². The second-order valence-electron chi connectivity index (χ2n) is 5.57. The topological polar surface area (TPSA) is 37.3 Å². The first-order valence-electron chi connectivity index (χ1n) is 7.43. The lowest BCUT2D eigenvalue weighted by molar-refractivity contribution is 0.103. The number of allylic oxidation sites excluding steroid dienone is 4. The Kier molecular flexibility index (Phi) is 3.92. The Morgan fingerprint density at radius 1 is 1.09 bits per heavy atom. The highest BCUT2D eigenvalue weighted by Gasteiger charge is 2.19. The molecule has 2 aromatic carbocycles. The van der Waals surface area contributed by atoms with Gasteiger partial charge in [-0.05, 0) is 25.0 Å². The number of aryl methyl sites for hydroxylation is 1. The van der Waals surface area contributed by atoms with E-state index >= 15 is 0 Å². The predicted molar refractivity (Wildman–Crippen MR) is 88.2 cm³/mol. The van der Waals surface area contributed by atoms with Gasteiger partial charge >= 0.3 is 0 Å². The molecule has 0 amide bonds. The van der Waals surface area contributed by atoms with E-state index in [1.165, 1.54) is 0 Å². The van der Waals surface area contributed by atoms with Gasteiger partial charge < -0.3 is 5.11 Å². The zero-order valence-corrected chi connectivity index (χ0v) is 12.5. The molecule has 0 saturated heterocycles. The van der Waals surface area contributed by atoms with Gasteiger partial charge in [-0.25, -0.2) is 0 Å². The van der Waals surface area contributed by atoms with Gasteiger partial charge in [-0.15, -0.1) is 0 Å². The number of carbonyl (C=O) groups excluding carboxylic acids is 1. The van der Waals surface area contributed by atoms with E-state index in [1.807, 2.05) is 61.5 Å². The average molecular weight is 290 g/mol. The third-order valence-electron chi connectivity index (χ3n) is 4.06. The Balaban J connectivity index is 1.94. The number of carbonyl (C=O) groups is 1. The van der Waals surface area contributed by atoms with Gasteiger partial charge in [0, 0.05) is 22.6 Å². The molecule has 1 atom stereocenters. The van der Waals surface area contributed by atoms with Crippen molar-refractivity contribution in [1.82, 2.24) is 0 Å². The Morgan fingerprint density at radius 3 is 2.59 bits per heavy atom. The summed E-state index contributed by atoms with van der Waals surface area (Å²) in [5.74, 6) is 0.352. The van der Waals surface area contributed by atoms with Crippen molar-refractivity contribution in [2.24, 2.45) is 0 Å². The van der Waals surface area contributed by atoms with Crippen LogP contribution in [0.5, 0.6) is 5.75 Å². The molecule has 1 unspecified atom stereocenters. The Bertz CT molecular complexity index is 769. The molecule has 2 aromatic rings. The number of phenolic OH excluding ortho intramolecular Hbond substituents is 1. The highest BCUT2D eigenvalue weighted by molar-refractivity contribution is 6.11. The Morgan fingerprint density at radius 2 is 1.82 bits per heavy atom. The summed E-state index contributed by atoms with van der Waals surface area (Å²) in [6, 6.07) is 14.9. The fourth-order valence-electron chi connectivity index (χ4n) is 2.83. The summed E-state index contributed by atoms with van der Waals surface area (Å²) >= 11 is 0. The van der Waals surface area contributed by atoms with Crippen molar-refractivity contribution in [3.05, 3.63) is 89.0 Å². The minimum absolute atomic E-state index is 0.0363. The molecule has 0 aromatic heterocycles. The SMILES string of the molecule is Cc1ccccc1C(=O)C1=CC(c2ccccc2O)CC=C1. The third kappa shape index (κ3) is 2.73. The summed E-state index contributed by atoms with van der Waals surface area (Å²) in [4.78, 5) is 12.7. The standard InChI is InChI=1S/C20H18O2/c1-14-7-2-3-10-17(14)20(22)16-9-6-8-15(13-16)18-11-4-5-12-19(18)21/h2-7,9-13,15,21H,8H2,1H3. The van der Waals surface area contributed by atoms with Crippen LogP contribution >= 0.6 is 0 Å². The van der Waals surface area contributed by atoms with Crippen molar-refractivity contribution in [3.63, 3.8) is 0 Å². The molecule has 0 heterocycles. The summed E-state index contributed by atoms with van der Waals surface area (Å²) in [5, 5.41) is 10.0. The van der Waals surface area contributed by atoms with Crippen LogP contribution in [0.1, 0.15) is 33.8 Å². The molecule has 0 radical (unpaired) electrons. The minimum Gasteiger partial charge on any atom is -0.508 e. The van der Waals surface area contributed by atoms with E-state index in [9.17, 15) is 9.90 Å². The molecular weight excluding hydrogens is 272 g/mol. The number of Topliss-reactive ketones (excluding diaryl/α,β-unsaturated/α-hetero) is 1. The van der Waals surface area contributed by atoms with Crippen LogP contribution in [0.3, 0.4) is 0 Å². The van der Waals surface area contributed by atoms with Gasteiger partial charge in [-0.2, -0.15) is 0 Å². The first kappa shape index (κ1) is 14.3. The number of rotatable bonds is 3. The lowest BCUT2D eigenvalue weighted by atomic mass is 9.86. The Hall–Kier alpha value is -2.61. The lowest BCUT2D eigenvalue weighted by Gasteiger charge is -2.18. The second-order valence-corrected chi connectivity index (χ2v) is 5.57. The fourth-order valence-corrected chi connectivity index (χ4v) is 2.83. The first-order valence-corrected chi connectivity index (χ1v) is 7.43. The minimum atomic E-state index is 0.0363. The molecule has 1 N–H and O–H groups in total. The van der Waals surface area contributed by atoms with Gasteiger partial charge in [0.2, 0.25) is 0 Å². The quantitative estimate of drug-likeness (QED) is 0.842. The molecule has 3 rings (SSSR count). The average Bonchev–Trinajstić information content (AvgIpc) is 2.55. The maximum Gasteiger partial charge on any atom is 0.192 e. The van der Waals surface area contributed by atoms with E-state index in [-0.39, 0.29) is 17.5 Å². The van der Waals surface area contributed by atoms with Gasteiger partial charge in [0.1, 0.15) is 5.75 Å². The highest BCUT2D eigenvalue weighted by Crippen LogP contribution is 2.33. The first-order chi connectivity index (χ1) is 10.7. The van der Waals surface area contributed by atoms with Crippen molar-refractivity contribution < 1.29 is 9.90 Å². The maximum atomic E-state index is 12.7. The van der Waals surface area contributed by atoms with Gasteiger partial charge in [-0.3, -0.25) is 4.79 Å². The van der Waals surface area contributed by atoms with Crippen LogP contribution in [0.4, 0.5) is 0 Å². The lowest BCUT2D eigenvalue weighted by Crippen LogP contribution is -2.08. The van der Waals surface area contributed by atoms with Crippen LogP contribution < -0.4 is 0 Å². The van der Waals surface area contributed by atoms with Gasteiger partial charge in [0.25, 0.3) is 0 Å². The molecule has 0 bridgehead atoms. The third-order valence-corrected chi connectivity index (χ3v) is 4.06. The van der Waals surface area contributed by atoms with E-state index in [4.69, 9.17) is 0 Å². The molecule has 0 spiro atoms. The number of phenols is 1. The zero-order valence-electron chi connectivity index (χ0n) is 12.5. The normalized spacial score (nSPS) is 17.1. The molecule has 0 aliphatic heterocycles. The maximum absolute atomic E-state index is 12.7. The van der Waals surface area contributed by atoms with Crippen molar-refractivity contribution in [1.29, 1.82) is 0 Å². The molecule has 0 saturated carbocycles. The smallest absolute Gasteiger partial charge is 0.192 e. The van der Waals surface area contributed by atoms with E-state index in [1.54, 1.807) is 12.1 Å². The largest absolute Gasteiger partial charge is 0.508 e. The van der Waals surface area contributed by atoms with Crippen molar-refractivity contribution in [2.45, 2.75) is 19.3 Å². The van der Waals surface area contributed by atoms with Crippen molar-refractivity contribution in [3.8, 4) is 5.75 Å². The molecule has 110 valence electrons. The molecular formula is C20H18O2. The van der Waals surface area contributed by atoms with Crippen LogP contribution in [0, 0.1) is 6.92 Å². The predicted octanol–water partition coefficient (Wildman–Crippen LogP) is 4.55. The Labute approximate surface area is 130 Å². The van der Waals surface area contributed by atoms with Gasteiger partial charge in [-0.1, -0.05) is 60.7 Å². The van der Waals surface area contributed by atoms with E-state index < -0.39 is 0 Å². The van der Waals surface area contributed by atoms with Gasteiger partial charge in [0.05, 0.1) is 0 Å². The number of hydrogen-bond acceptors (Lipinski definition) is 2. The molecule has 22 heavy (non-hydrogen) atoms. The van der Waals surface area contributed by atoms with Gasteiger partial charge in [0.15, 0.2) is 5.78 Å². The van der Waals surface area contributed by atoms with Crippen molar-refractivity contribution >= 4 is 5.78 Å². The van der Waals surface area contributed by atoms with E-state index in [0.29, 0.717) is 5.57 Å². The second kappa shape index (κ2) is 6.02. The van der Waals surface area contributed by atoms with E-state index in [2.05, 4.69) is 0 Å². The van der Waals surface area contributed by atoms with Crippen LogP contribution in [-0.4, -0.2) is 10.9 Å². The van der Waals surface area contributed by atoms with Crippen LogP contribution in [-0.2, 0) is 0 Å². The molecule has 2 heteroatoms. The number of benzene rings is 2. The molecule has 2 nitrogen and oxygen atoms in total. The monoisotopic (exact) mass is 290 g/mol. The summed E-state index contributed by atoms with van der Waals surface area (Å²) < 4.78 is 0. The van der Waals surface area contributed by atoms with E-state index in [0.717, 1.165) is 23.1 Å². The summed E-state index contributed by atoms with van der Waals surface area (Å²) in [7, 11) is 0. The van der Waals surface area contributed by atoms with Crippen LogP contribution in [0.25, 0.3) is 0 Å². The summed E-state index contributed by atoms with van der Waals surface area (Å²) in [6.07, 6.45) is 6.64. The van der Waals surface area contributed by atoms with Crippen LogP contribution in [0.2, 0.25) is 0 Å². The van der Waals surface area contributed by atoms with Crippen molar-refractivity contribution in [2.75, 3.05) is 0 Å². The number of hydrogen-bond donors (Lipinski definition) is 1. The number of ketones is 1. The summed E-state index contributed by atoms with van der Waals surface area (Å²) in [6.45, 7) is 1.95. The molecule has 0 fully saturated rings. The number of para-hydroxylation sites is 1. The fraction of sp³-hybridized carbons (Fsp3) is 0.150.